The molecule has 21 heavy (non-hydrogen) atoms. The minimum absolute atomic E-state index is 0.0504. The summed E-state index contributed by atoms with van der Waals surface area (Å²) in [5.41, 5.74) is -0.892. The van der Waals surface area contributed by atoms with E-state index in [9.17, 15) is 14.4 Å². The monoisotopic (exact) mass is 313 g/mol. The summed E-state index contributed by atoms with van der Waals surface area (Å²) in [5.74, 6) is 0.300. The van der Waals surface area contributed by atoms with Crippen molar-refractivity contribution in [1.82, 2.24) is 9.55 Å². The second kappa shape index (κ2) is 7.34. The van der Waals surface area contributed by atoms with Crippen molar-refractivity contribution in [1.29, 1.82) is 0 Å². The van der Waals surface area contributed by atoms with Gasteiger partial charge in [-0.1, -0.05) is 0 Å². The number of nitrogens with one attached hydrogen (secondary N) is 1. The number of anilines is 1. The fourth-order valence-electron chi connectivity index (χ4n) is 1.78. The lowest BCUT2D eigenvalue weighted by Gasteiger charge is -2.13. The summed E-state index contributed by atoms with van der Waals surface area (Å²) in [6, 6.07) is 1.49. The molecule has 0 aromatic carbocycles. The number of aliphatic hydroxyl groups excluding tert-OH is 1. The largest absolute Gasteiger partial charge is 0.393 e. The Balaban J connectivity index is 2.02. The maximum atomic E-state index is 11.9. The Morgan fingerprint density at radius 3 is 3.10 bits per heavy atom. The van der Waals surface area contributed by atoms with Crippen LogP contribution in [0.25, 0.3) is 0 Å². The molecule has 114 valence electrons. The van der Waals surface area contributed by atoms with Crippen LogP contribution < -0.4 is 11.0 Å². The fourth-order valence-corrected chi connectivity index (χ4v) is 2.71. The molecule has 2 rings (SSSR count). The number of carbonyl (C=O) groups excluding carboxylic acids is 2. The molecule has 2 atom stereocenters. The van der Waals surface area contributed by atoms with Crippen LogP contribution in [0.1, 0.15) is 19.1 Å². The number of nitrogens with zero attached hydrogens (tertiary/aromatic N) is 2. The first-order valence-corrected chi connectivity index (χ1v) is 7.39. The number of hydrogen-bond acceptors (Lipinski definition) is 7. The smallest absolute Gasteiger partial charge is 0.351 e. The summed E-state index contributed by atoms with van der Waals surface area (Å²) in [6.45, 7) is -0.117. The quantitative estimate of drug-likeness (QED) is 0.696. The van der Waals surface area contributed by atoms with Gasteiger partial charge in [-0.2, -0.15) is 4.98 Å². The van der Waals surface area contributed by atoms with E-state index in [1.54, 1.807) is 0 Å². The molecular weight excluding hydrogens is 298 g/mol. The normalized spacial score (nSPS) is 21.2. The van der Waals surface area contributed by atoms with Gasteiger partial charge < -0.3 is 20.0 Å². The van der Waals surface area contributed by atoms with Gasteiger partial charge in [0.1, 0.15) is 23.8 Å². The molecule has 1 aromatic heterocycles. The third-order valence-corrected chi connectivity index (χ3v) is 3.89. The Bertz CT molecular complexity index is 576. The van der Waals surface area contributed by atoms with Gasteiger partial charge in [0.2, 0.25) is 5.91 Å². The maximum absolute atomic E-state index is 11.9. The number of aldehydes is 1. The molecule has 2 N–H and O–H groups in total. The lowest BCUT2D eigenvalue weighted by Crippen LogP contribution is -2.29. The number of aliphatic hydroxyl groups is 1. The van der Waals surface area contributed by atoms with Gasteiger partial charge in [0.25, 0.3) is 0 Å². The highest BCUT2D eigenvalue weighted by Crippen LogP contribution is 2.30. The van der Waals surface area contributed by atoms with Gasteiger partial charge in [0.05, 0.1) is 6.61 Å². The zero-order chi connectivity index (χ0) is 15.2. The van der Waals surface area contributed by atoms with Crippen molar-refractivity contribution in [2.24, 2.45) is 0 Å². The molecule has 0 spiro atoms. The highest BCUT2D eigenvalue weighted by atomic mass is 32.2. The van der Waals surface area contributed by atoms with Crippen LogP contribution in [-0.4, -0.2) is 44.6 Å². The molecule has 1 fully saturated rings. The summed E-state index contributed by atoms with van der Waals surface area (Å²) in [6.07, 6.45) is 1.83. The molecule has 1 amide bonds. The predicted molar refractivity (Wildman–Crippen MR) is 75.9 cm³/mol. The Morgan fingerprint density at radius 2 is 2.48 bits per heavy atom. The summed E-state index contributed by atoms with van der Waals surface area (Å²) in [5, 5.41) is 11.4. The minimum atomic E-state index is -0.549. The molecule has 8 nitrogen and oxygen atoms in total. The molecule has 0 aliphatic carbocycles. The fraction of sp³-hybridized carbons (Fsp3) is 0.500. The van der Waals surface area contributed by atoms with Gasteiger partial charge in [0, 0.05) is 24.8 Å². The highest BCUT2D eigenvalue weighted by Gasteiger charge is 2.27. The van der Waals surface area contributed by atoms with E-state index in [0.29, 0.717) is 12.0 Å². The van der Waals surface area contributed by atoms with Crippen molar-refractivity contribution < 1.29 is 19.4 Å². The minimum Gasteiger partial charge on any atom is -0.393 e. The Morgan fingerprint density at radius 1 is 1.67 bits per heavy atom. The van der Waals surface area contributed by atoms with Crippen molar-refractivity contribution in [2.45, 2.75) is 24.5 Å². The Kier molecular flexibility index (Phi) is 5.48. The first kappa shape index (κ1) is 15.7. The van der Waals surface area contributed by atoms with Crippen LogP contribution in [0.5, 0.6) is 0 Å². The molecular formula is C12H15N3O5S. The van der Waals surface area contributed by atoms with E-state index in [0.717, 1.165) is 0 Å². The number of aromatic nitrogens is 2. The summed E-state index contributed by atoms with van der Waals surface area (Å²) < 4.78 is 6.77. The number of amides is 1. The molecule has 0 radical (unpaired) electrons. The van der Waals surface area contributed by atoms with Crippen LogP contribution in [0.15, 0.2) is 17.1 Å². The van der Waals surface area contributed by atoms with Crippen LogP contribution in [0.3, 0.4) is 0 Å². The molecule has 2 unspecified atom stereocenters. The van der Waals surface area contributed by atoms with Crippen molar-refractivity contribution >= 4 is 29.8 Å². The van der Waals surface area contributed by atoms with Crippen LogP contribution >= 0.6 is 11.8 Å². The summed E-state index contributed by atoms with van der Waals surface area (Å²) in [4.78, 5) is 37.3. The van der Waals surface area contributed by atoms with E-state index < -0.39 is 11.9 Å². The number of rotatable bonds is 6. The van der Waals surface area contributed by atoms with Crippen molar-refractivity contribution in [3.05, 3.63) is 22.7 Å². The summed E-state index contributed by atoms with van der Waals surface area (Å²) >= 11 is 1.42. The highest BCUT2D eigenvalue weighted by molar-refractivity contribution is 8.00. The third kappa shape index (κ3) is 4.13. The van der Waals surface area contributed by atoms with Gasteiger partial charge in [-0.05, 0) is 6.07 Å². The average Bonchev–Trinajstić information content (AvgIpc) is 2.94. The Labute approximate surface area is 124 Å². The van der Waals surface area contributed by atoms with Crippen LogP contribution in [0.2, 0.25) is 0 Å². The average molecular weight is 313 g/mol. The van der Waals surface area contributed by atoms with Crippen molar-refractivity contribution in [3.63, 3.8) is 0 Å². The maximum Gasteiger partial charge on any atom is 0.351 e. The van der Waals surface area contributed by atoms with E-state index >= 15 is 0 Å². The second-order valence-electron chi connectivity index (χ2n) is 4.29. The van der Waals surface area contributed by atoms with E-state index in [-0.39, 0.29) is 36.6 Å². The predicted octanol–water partition coefficient (Wildman–Crippen LogP) is -0.259. The lowest BCUT2D eigenvalue weighted by atomic mass is 10.3. The van der Waals surface area contributed by atoms with E-state index in [2.05, 4.69) is 10.3 Å². The van der Waals surface area contributed by atoms with Crippen LogP contribution in [0, 0.1) is 0 Å². The van der Waals surface area contributed by atoms with Crippen molar-refractivity contribution in [2.75, 3.05) is 17.7 Å². The number of hydrogen-bond donors (Lipinski definition) is 2. The van der Waals surface area contributed by atoms with E-state index in [1.807, 2.05) is 0 Å². The molecule has 1 aromatic rings. The van der Waals surface area contributed by atoms with Crippen LogP contribution in [0.4, 0.5) is 5.82 Å². The molecule has 1 saturated heterocycles. The molecule has 1 aliphatic heterocycles. The van der Waals surface area contributed by atoms with Gasteiger partial charge in [-0.3, -0.25) is 9.36 Å². The standard InChI is InChI=1S/C12H15N3O5S/c16-5-1-2-9(18)13-8-3-4-15(12(19)14-8)10-7-21-11(6-17)20-10/h3-5,10-11,17H,1-2,6-7H2,(H,13,14,18,19). The second-order valence-corrected chi connectivity index (χ2v) is 5.48. The van der Waals surface area contributed by atoms with E-state index in [4.69, 9.17) is 9.84 Å². The van der Waals surface area contributed by atoms with Gasteiger partial charge in [0.15, 0.2) is 0 Å². The molecule has 1 aliphatic rings. The topological polar surface area (TPSA) is 111 Å². The SMILES string of the molecule is O=CCCC(=O)Nc1ccn(C2CSC(CO)O2)c(=O)n1. The lowest BCUT2D eigenvalue weighted by molar-refractivity contribution is -0.118. The Hall–Kier alpha value is -1.71. The number of carbonyl (C=O) groups is 2. The van der Waals surface area contributed by atoms with Crippen molar-refractivity contribution in [3.8, 4) is 0 Å². The first-order chi connectivity index (χ1) is 10.1. The van der Waals surface area contributed by atoms with Gasteiger partial charge in [-0.15, -0.1) is 11.8 Å². The van der Waals surface area contributed by atoms with E-state index in [1.165, 1.54) is 28.6 Å². The molecule has 9 heteroatoms. The van der Waals surface area contributed by atoms with Crippen LogP contribution in [-0.2, 0) is 14.3 Å². The van der Waals surface area contributed by atoms with Gasteiger partial charge >= 0.3 is 5.69 Å². The number of ether oxygens (including phenoxy) is 1. The summed E-state index contributed by atoms with van der Waals surface area (Å²) in [7, 11) is 0. The molecule has 0 bridgehead atoms. The number of thioether (sulfide) groups is 1. The molecule has 2 heterocycles. The zero-order valence-corrected chi connectivity index (χ0v) is 11.9. The van der Waals surface area contributed by atoms with Gasteiger partial charge in [-0.25, -0.2) is 4.79 Å². The first-order valence-electron chi connectivity index (χ1n) is 6.34. The molecule has 0 saturated carbocycles. The zero-order valence-electron chi connectivity index (χ0n) is 11.1. The third-order valence-electron chi connectivity index (χ3n) is 2.78.